The van der Waals surface area contributed by atoms with Crippen molar-refractivity contribution in [2.75, 3.05) is 44.8 Å². The Balaban J connectivity index is 1.79. The summed E-state index contributed by atoms with van der Waals surface area (Å²) in [6.07, 6.45) is 1.67. The molecule has 2 aromatic rings. The van der Waals surface area contributed by atoms with Crippen LogP contribution in [0.2, 0.25) is 0 Å². The first-order valence-corrected chi connectivity index (χ1v) is 7.47. The molecule has 0 radical (unpaired) electrons. The minimum atomic E-state index is 0.502. The van der Waals surface area contributed by atoms with E-state index in [0.717, 1.165) is 49.5 Å². The molecule has 5 nitrogen and oxygen atoms in total. The highest BCUT2D eigenvalue weighted by Gasteiger charge is 2.25. The van der Waals surface area contributed by atoms with Gasteiger partial charge in [-0.15, -0.1) is 0 Å². The molecule has 1 fully saturated rings. The summed E-state index contributed by atoms with van der Waals surface area (Å²) in [6, 6.07) is 8.71. The van der Waals surface area contributed by atoms with Gasteiger partial charge in [-0.3, -0.25) is 4.90 Å². The van der Waals surface area contributed by atoms with Crippen LogP contribution in [0.4, 0.5) is 5.82 Å². The number of anilines is 1. The quantitative estimate of drug-likeness (QED) is 0.857. The molecule has 112 valence electrons. The van der Waals surface area contributed by atoms with Crippen LogP contribution in [0.15, 0.2) is 30.6 Å². The van der Waals surface area contributed by atoms with Crippen LogP contribution in [0.3, 0.4) is 0 Å². The molecule has 1 saturated heterocycles. The number of ether oxygens (including phenoxy) is 1. The first-order valence-electron chi connectivity index (χ1n) is 7.47. The average Bonchev–Trinajstić information content (AvgIpc) is 2.53. The summed E-state index contributed by atoms with van der Waals surface area (Å²) in [6.45, 7) is 7.09. The number of methoxy groups -OCH3 is 1. The molecule has 21 heavy (non-hydrogen) atoms. The van der Waals surface area contributed by atoms with Crippen LogP contribution < -0.4 is 4.90 Å². The molecule has 0 amide bonds. The Bertz CT molecular complexity index is 598. The fourth-order valence-electron chi connectivity index (χ4n) is 2.97. The molecule has 3 rings (SSSR count). The molecular weight excluding hydrogens is 264 g/mol. The first-order chi connectivity index (χ1) is 10.3. The van der Waals surface area contributed by atoms with Gasteiger partial charge in [0.2, 0.25) is 0 Å². The minimum absolute atomic E-state index is 0.502. The van der Waals surface area contributed by atoms with Crippen LogP contribution in [-0.4, -0.2) is 60.8 Å². The number of hydrogen-bond donors (Lipinski definition) is 0. The van der Waals surface area contributed by atoms with Gasteiger partial charge in [-0.25, -0.2) is 9.97 Å². The van der Waals surface area contributed by atoms with E-state index in [1.807, 2.05) is 18.2 Å². The van der Waals surface area contributed by atoms with Crippen molar-refractivity contribution in [2.24, 2.45) is 0 Å². The molecular formula is C16H22N4O. The summed E-state index contributed by atoms with van der Waals surface area (Å²) in [7, 11) is 1.76. The lowest BCUT2D eigenvalue weighted by molar-refractivity contribution is 0.117. The molecule has 1 aliphatic rings. The summed E-state index contributed by atoms with van der Waals surface area (Å²) >= 11 is 0. The number of rotatable bonds is 4. The number of aromatic nitrogens is 2. The Hall–Kier alpha value is -1.72. The number of benzene rings is 1. The Labute approximate surface area is 125 Å². The second kappa shape index (κ2) is 6.37. The second-order valence-corrected chi connectivity index (χ2v) is 5.54. The number of fused-ring (bicyclic) bond motifs is 1. The number of para-hydroxylation sites is 1. The predicted molar refractivity (Wildman–Crippen MR) is 84.7 cm³/mol. The highest BCUT2D eigenvalue weighted by atomic mass is 16.5. The Morgan fingerprint density at radius 3 is 2.90 bits per heavy atom. The number of nitrogens with zero attached hydrogens (tertiary/aromatic N) is 4. The van der Waals surface area contributed by atoms with Crippen molar-refractivity contribution in [2.45, 2.75) is 13.0 Å². The fourth-order valence-corrected chi connectivity index (χ4v) is 2.97. The van der Waals surface area contributed by atoms with Crippen molar-refractivity contribution in [3.8, 4) is 0 Å². The zero-order valence-corrected chi connectivity index (χ0v) is 12.7. The maximum Gasteiger partial charge on any atom is 0.139 e. The van der Waals surface area contributed by atoms with E-state index < -0.39 is 0 Å². The standard InChI is InChI=1S/C16H22N4O/c1-13-11-20(8-7-19(13)9-10-21-2)16-14-5-3-4-6-15(14)17-12-18-16/h3-6,12-13H,7-11H2,1-2H3/t13-/m0/s1. The van der Waals surface area contributed by atoms with Crippen LogP contribution >= 0.6 is 0 Å². The zero-order valence-electron chi connectivity index (χ0n) is 12.7. The summed E-state index contributed by atoms with van der Waals surface area (Å²) < 4.78 is 5.19. The van der Waals surface area contributed by atoms with Gasteiger partial charge >= 0.3 is 0 Å². The van der Waals surface area contributed by atoms with Gasteiger partial charge in [-0.1, -0.05) is 12.1 Å². The molecule has 5 heteroatoms. The van der Waals surface area contributed by atoms with Crippen LogP contribution in [0.25, 0.3) is 10.9 Å². The van der Waals surface area contributed by atoms with Gasteiger partial charge in [0.05, 0.1) is 12.1 Å². The number of hydrogen-bond acceptors (Lipinski definition) is 5. The average molecular weight is 286 g/mol. The van der Waals surface area contributed by atoms with Crippen molar-refractivity contribution in [3.05, 3.63) is 30.6 Å². The molecule has 0 saturated carbocycles. The lowest BCUT2D eigenvalue weighted by Crippen LogP contribution is -2.53. The van der Waals surface area contributed by atoms with E-state index in [9.17, 15) is 0 Å². The fraction of sp³-hybridized carbons (Fsp3) is 0.500. The van der Waals surface area contributed by atoms with Gasteiger partial charge in [0.1, 0.15) is 12.1 Å². The summed E-state index contributed by atoms with van der Waals surface area (Å²) in [5.74, 6) is 1.05. The monoisotopic (exact) mass is 286 g/mol. The van der Waals surface area contributed by atoms with Crippen LogP contribution in [0.5, 0.6) is 0 Å². The first kappa shape index (κ1) is 14.2. The van der Waals surface area contributed by atoms with Gasteiger partial charge in [0.25, 0.3) is 0 Å². The summed E-state index contributed by atoms with van der Waals surface area (Å²) in [5.41, 5.74) is 1.01. The Kier molecular flexibility index (Phi) is 4.31. The van der Waals surface area contributed by atoms with E-state index >= 15 is 0 Å². The molecule has 1 aliphatic heterocycles. The maximum absolute atomic E-state index is 5.19. The zero-order chi connectivity index (χ0) is 14.7. The molecule has 0 N–H and O–H groups in total. The van der Waals surface area contributed by atoms with Crippen LogP contribution in [0.1, 0.15) is 6.92 Å². The highest BCUT2D eigenvalue weighted by Crippen LogP contribution is 2.24. The summed E-state index contributed by atoms with van der Waals surface area (Å²) in [4.78, 5) is 13.7. The highest BCUT2D eigenvalue weighted by molar-refractivity contribution is 5.89. The Morgan fingerprint density at radius 2 is 2.10 bits per heavy atom. The van der Waals surface area contributed by atoms with Gasteiger partial charge < -0.3 is 9.64 Å². The Morgan fingerprint density at radius 1 is 1.24 bits per heavy atom. The molecule has 1 aromatic heterocycles. The SMILES string of the molecule is COCCN1CCN(c2ncnc3ccccc23)C[C@@H]1C. The number of piperazine rings is 1. The van der Waals surface area contributed by atoms with Crippen molar-refractivity contribution in [1.82, 2.24) is 14.9 Å². The topological polar surface area (TPSA) is 41.5 Å². The molecule has 0 bridgehead atoms. The van der Waals surface area contributed by atoms with Gasteiger partial charge in [-0.2, -0.15) is 0 Å². The maximum atomic E-state index is 5.19. The lowest BCUT2D eigenvalue weighted by atomic mass is 10.1. The lowest BCUT2D eigenvalue weighted by Gasteiger charge is -2.40. The molecule has 2 heterocycles. The molecule has 1 atom stereocenters. The molecule has 0 aliphatic carbocycles. The van der Waals surface area contributed by atoms with Crippen LogP contribution in [-0.2, 0) is 4.74 Å². The van der Waals surface area contributed by atoms with Crippen molar-refractivity contribution in [3.63, 3.8) is 0 Å². The normalized spacial score (nSPS) is 20.1. The molecule has 0 spiro atoms. The predicted octanol–water partition coefficient (Wildman–Crippen LogP) is 1.79. The van der Waals surface area contributed by atoms with Crippen molar-refractivity contribution >= 4 is 16.7 Å². The minimum Gasteiger partial charge on any atom is -0.383 e. The molecule has 0 unspecified atom stereocenters. The largest absolute Gasteiger partial charge is 0.383 e. The van der Waals surface area contributed by atoms with Crippen molar-refractivity contribution in [1.29, 1.82) is 0 Å². The smallest absolute Gasteiger partial charge is 0.139 e. The van der Waals surface area contributed by atoms with Gasteiger partial charge in [0, 0.05) is 44.7 Å². The van der Waals surface area contributed by atoms with E-state index in [-0.39, 0.29) is 0 Å². The van der Waals surface area contributed by atoms with E-state index in [2.05, 4.69) is 32.8 Å². The third-order valence-electron chi connectivity index (χ3n) is 4.17. The van der Waals surface area contributed by atoms with E-state index in [0.29, 0.717) is 6.04 Å². The van der Waals surface area contributed by atoms with Crippen molar-refractivity contribution < 1.29 is 4.74 Å². The van der Waals surface area contributed by atoms with E-state index in [1.165, 1.54) is 0 Å². The third kappa shape index (κ3) is 2.99. The van der Waals surface area contributed by atoms with Gasteiger partial charge in [-0.05, 0) is 19.1 Å². The summed E-state index contributed by atoms with van der Waals surface area (Å²) in [5, 5.41) is 1.14. The van der Waals surface area contributed by atoms with Gasteiger partial charge in [0.15, 0.2) is 0 Å². The second-order valence-electron chi connectivity index (χ2n) is 5.54. The van der Waals surface area contributed by atoms with E-state index in [1.54, 1.807) is 13.4 Å². The third-order valence-corrected chi connectivity index (χ3v) is 4.17. The van der Waals surface area contributed by atoms with E-state index in [4.69, 9.17) is 4.74 Å². The molecule has 1 aromatic carbocycles. The van der Waals surface area contributed by atoms with Crippen LogP contribution in [0, 0.1) is 0 Å².